The van der Waals surface area contributed by atoms with Crippen molar-refractivity contribution in [1.29, 1.82) is 0 Å². The number of alkyl halides is 1. The topological polar surface area (TPSA) is 47.4 Å². The van der Waals surface area contributed by atoms with Gasteiger partial charge in [0, 0.05) is 13.1 Å². The average Bonchev–Trinajstić information content (AvgIpc) is 2.87. The Labute approximate surface area is 115 Å². The van der Waals surface area contributed by atoms with Gasteiger partial charge >= 0.3 is 0 Å². The highest BCUT2D eigenvalue weighted by Crippen LogP contribution is 2.23. The molecule has 1 aromatic heterocycles. The fourth-order valence-electron chi connectivity index (χ4n) is 2.29. The summed E-state index contributed by atoms with van der Waals surface area (Å²) in [7, 11) is 0. The fourth-order valence-corrected chi connectivity index (χ4v) is 2.41. The number of para-hydroxylation sites is 2. The molecular weight excluding hydrogens is 266 g/mol. The van der Waals surface area contributed by atoms with Crippen molar-refractivity contribution in [3.8, 4) is 0 Å². The average molecular weight is 280 g/mol. The Bertz CT molecular complexity index is 605. The van der Waals surface area contributed by atoms with Crippen molar-refractivity contribution in [2.24, 2.45) is 0 Å². The van der Waals surface area contributed by atoms with E-state index in [1.54, 1.807) is 4.57 Å². The van der Waals surface area contributed by atoms with Crippen LogP contribution in [0.15, 0.2) is 24.3 Å². The first kappa shape index (κ1) is 12.4. The van der Waals surface area contributed by atoms with E-state index in [9.17, 15) is 4.79 Å². The molecule has 100 valence electrons. The first-order chi connectivity index (χ1) is 9.31. The molecule has 2 heterocycles. The molecule has 6 heteroatoms. The van der Waals surface area contributed by atoms with Crippen LogP contribution in [0.2, 0.25) is 0 Å². The number of hydrogen-bond donors (Lipinski definition) is 0. The summed E-state index contributed by atoms with van der Waals surface area (Å²) < 4.78 is 6.94. The molecule has 0 aliphatic carbocycles. The smallest absolute Gasteiger partial charge is 0.248 e. The van der Waals surface area contributed by atoms with Gasteiger partial charge in [0.2, 0.25) is 11.9 Å². The van der Waals surface area contributed by atoms with Gasteiger partial charge in [-0.15, -0.1) is 11.6 Å². The number of anilines is 1. The molecule has 5 nitrogen and oxygen atoms in total. The van der Waals surface area contributed by atoms with Gasteiger partial charge in [0.15, 0.2) is 0 Å². The number of halogens is 1. The van der Waals surface area contributed by atoms with Crippen molar-refractivity contribution in [3.63, 3.8) is 0 Å². The van der Waals surface area contributed by atoms with E-state index < -0.39 is 0 Å². The summed E-state index contributed by atoms with van der Waals surface area (Å²) in [5.41, 5.74) is 1.61. The molecular formula is C13H14ClN3O2. The molecule has 0 saturated carbocycles. The third-order valence-corrected chi connectivity index (χ3v) is 3.43. The van der Waals surface area contributed by atoms with Crippen molar-refractivity contribution in [3.05, 3.63) is 24.3 Å². The Kier molecular flexibility index (Phi) is 3.40. The largest absolute Gasteiger partial charge is 0.378 e. The third-order valence-electron chi connectivity index (χ3n) is 3.20. The molecule has 0 atom stereocenters. The van der Waals surface area contributed by atoms with E-state index in [-0.39, 0.29) is 11.8 Å². The lowest BCUT2D eigenvalue weighted by Crippen LogP contribution is -2.38. The van der Waals surface area contributed by atoms with Crippen molar-refractivity contribution >= 4 is 34.5 Å². The van der Waals surface area contributed by atoms with Gasteiger partial charge in [-0.05, 0) is 12.1 Å². The maximum atomic E-state index is 12.1. The Morgan fingerprint density at radius 2 is 2.05 bits per heavy atom. The molecule has 0 amide bonds. The number of carbonyl (C=O) groups excluding carboxylic acids is 1. The number of rotatable bonds is 2. The van der Waals surface area contributed by atoms with Crippen LogP contribution >= 0.6 is 11.6 Å². The summed E-state index contributed by atoms with van der Waals surface area (Å²) in [4.78, 5) is 18.7. The number of imidazole rings is 1. The van der Waals surface area contributed by atoms with Crippen molar-refractivity contribution in [1.82, 2.24) is 9.55 Å². The van der Waals surface area contributed by atoms with Gasteiger partial charge < -0.3 is 9.64 Å². The van der Waals surface area contributed by atoms with Crippen LogP contribution in [-0.4, -0.2) is 47.6 Å². The van der Waals surface area contributed by atoms with E-state index in [0.717, 1.165) is 24.1 Å². The Balaban J connectivity index is 2.13. The number of ether oxygens (including phenoxy) is 1. The summed E-state index contributed by atoms with van der Waals surface area (Å²) in [6, 6.07) is 7.59. The summed E-state index contributed by atoms with van der Waals surface area (Å²) in [5, 5.41) is 0. The van der Waals surface area contributed by atoms with Crippen LogP contribution in [0.4, 0.5) is 5.95 Å². The van der Waals surface area contributed by atoms with Gasteiger partial charge in [-0.25, -0.2) is 9.55 Å². The lowest BCUT2D eigenvalue weighted by atomic mass is 10.3. The summed E-state index contributed by atoms with van der Waals surface area (Å²) in [5.74, 6) is 0.449. The Morgan fingerprint density at radius 3 is 2.79 bits per heavy atom. The number of nitrogens with zero attached hydrogens (tertiary/aromatic N) is 3. The van der Waals surface area contributed by atoms with E-state index in [1.165, 1.54) is 0 Å². The zero-order valence-corrected chi connectivity index (χ0v) is 11.1. The number of hydrogen-bond acceptors (Lipinski definition) is 4. The molecule has 1 aliphatic rings. The van der Waals surface area contributed by atoms with Crippen LogP contribution in [0.3, 0.4) is 0 Å². The van der Waals surface area contributed by atoms with Crippen molar-refractivity contribution in [2.75, 3.05) is 37.1 Å². The highest BCUT2D eigenvalue weighted by molar-refractivity contribution is 6.28. The molecule has 0 spiro atoms. The Morgan fingerprint density at radius 1 is 1.32 bits per heavy atom. The molecule has 0 unspecified atom stereocenters. The molecule has 19 heavy (non-hydrogen) atoms. The lowest BCUT2D eigenvalue weighted by Gasteiger charge is -2.27. The highest BCUT2D eigenvalue weighted by Gasteiger charge is 2.22. The predicted molar refractivity (Wildman–Crippen MR) is 74.1 cm³/mol. The second-order valence-electron chi connectivity index (χ2n) is 4.36. The molecule has 1 saturated heterocycles. The lowest BCUT2D eigenvalue weighted by molar-refractivity contribution is 0.0940. The minimum atomic E-state index is -0.156. The van der Waals surface area contributed by atoms with Crippen LogP contribution in [0.25, 0.3) is 11.0 Å². The number of carbonyl (C=O) groups is 1. The predicted octanol–water partition coefficient (Wildman–Crippen LogP) is 1.75. The molecule has 0 bridgehead atoms. The quantitative estimate of drug-likeness (QED) is 0.786. The van der Waals surface area contributed by atoms with Crippen LogP contribution in [-0.2, 0) is 4.74 Å². The molecule has 2 aromatic rings. The number of aromatic nitrogens is 2. The van der Waals surface area contributed by atoms with Gasteiger partial charge in [0.05, 0.1) is 24.2 Å². The minimum absolute atomic E-state index is 0.0578. The van der Waals surface area contributed by atoms with Crippen LogP contribution in [0.1, 0.15) is 4.79 Å². The van der Waals surface area contributed by atoms with Crippen molar-refractivity contribution in [2.45, 2.75) is 0 Å². The Hall–Kier alpha value is -1.59. The first-order valence-electron chi connectivity index (χ1n) is 6.20. The zero-order chi connectivity index (χ0) is 13.2. The normalized spacial score (nSPS) is 15.9. The summed E-state index contributed by atoms with van der Waals surface area (Å²) >= 11 is 5.71. The molecule has 0 radical (unpaired) electrons. The fraction of sp³-hybridized carbons (Fsp3) is 0.385. The first-order valence-corrected chi connectivity index (χ1v) is 6.74. The van der Waals surface area contributed by atoms with E-state index in [0.29, 0.717) is 19.2 Å². The molecule has 1 aliphatic heterocycles. The number of fused-ring (bicyclic) bond motifs is 1. The molecule has 0 N–H and O–H groups in total. The van der Waals surface area contributed by atoms with Crippen LogP contribution < -0.4 is 4.90 Å². The zero-order valence-electron chi connectivity index (χ0n) is 10.4. The van der Waals surface area contributed by atoms with Gasteiger partial charge in [-0.1, -0.05) is 12.1 Å². The number of morpholine rings is 1. The van der Waals surface area contributed by atoms with E-state index >= 15 is 0 Å². The molecule has 1 aromatic carbocycles. The van der Waals surface area contributed by atoms with E-state index in [4.69, 9.17) is 16.3 Å². The number of benzene rings is 1. The van der Waals surface area contributed by atoms with E-state index in [2.05, 4.69) is 9.88 Å². The van der Waals surface area contributed by atoms with Gasteiger partial charge in [0.25, 0.3) is 0 Å². The third kappa shape index (κ3) is 2.19. The monoisotopic (exact) mass is 279 g/mol. The molecule has 1 fully saturated rings. The van der Waals surface area contributed by atoms with Gasteiger partial charge in [-0.2, -0.15) is 0 Å². The minimum Gasteiger partial charge on any atom is -0.378 e. The standard InChI is InChI=1S/C13H14ClN3O2/c14-9-12(18)17-11-4-2-1-3-10(11)15-13(17)16-5-7-19-8-6-16/h1-4H,5-9H2. The summed E-state index contributed by atoms with van der Waals surface area (Å²) in [6.07, 6.45) is 0. The van der Waals surface area contributed by atoms with Gasteiger partial charge in [-0.3, -0.25) is 4.79 Å². The second kappa shape index (κ2) is 5.19. The molecule has 3 rings (SSSR count). The van der Waals surface area contributed by atoms with Crippen LogP contribution in [0.5, 0.6) is 0 Å². The summed E-state index contributed by atoms with van der Waals surface area (Å²) in [6.45, 7) is 2.77. The maximum absolute atomic E-state index is 12.1. The van der Waals surface area contributed by atoms with Gasteiger partial charge in [0.1, 0.15) is 5.88 Å². The van der Waals surface area contributed by atoms with E-state index in [1.807, 2.05) is 24.3 Å². The van der Waals surface area contributed by atoms with Crippen molar-refractivity contribution < 1.29 is 9.53 Å². The second-order valence-corrected chi connectivity index (χ2v) is 4.63. The van der Waals surface area contributed by atoms with Crippen LogP contribution in [0, 0.1) is 0 Å². The highest BCUT2D eigenvalue weighted by atomic mass is 35.5. The maximum Gasteiger partial charge on any atom is 0.248 e. The SMILES string of the molecule is O=C(CCl)n1c(N2CCOCC2)nc2ccccc21.